The van der Waals surface area contributed by atoms with Crippen LogP contribution in [0.4, 0.5) is 0 Å². The Bertz CT molecular complexity index is 629. The second-order valence-corrected chi connectivity index (χ2v) is 6.63. The lowest BCUT2D eigenvalue weighted by Crippen LogP contribution is -2.49. The highest BCUT2D eigenvalue weighted by atomic mass is 16.6. The molecule has 1 fully saturated rings. The third kappa shape index (κ3) is 1.87. The third-order valence-corrected chi connectivity index (χ3v) is 5.65. The standard InChI is InChI=1S/C17H21NO4/c1-3-22-15(19)13-10-16(2,18(20)21)17(11-13)9-8-12-6-4-5-7-14(12)17/h4-7,13H,3,8-11H2,1-2H3/t13?,16-,17?/m1/s1. The summed E-state index contributed by atoms with van der Waals surface area (Å²) >= 11 is 0. The Morgan fingerprint density at radius 2 is 2.14 bits per heavy atom. The molecule has 0 amide bonds. The van der Waals surface area contributed by atoms with Gasteiger partial charge < -0.3 is 4.74 Å². The summed E-state index contributed by atoms with van der Waals surface area (Å²) in [4.78, 5) is 23.9. The summed E-state index contributed by atoms with van der Waals surface area (Å²) < 4.78 is 5.13. The molecule has 5 heteroatoms. The summed E-state index contributed by atoms with van der Waals surface area (Å²) in [5.41, 5.74) is 0.572. The van der Waals surface area contributed by atoms with Gasteiger partial charge in [0.2, 0.25) is 5.54 Å². The number of nitro groups is 1. The molecule has 2 aliphatic rings. The molecule has 118 valence electrons. The van der Waals surface area contributed by atoms with E-state index in [0.29, 0.717) is 13.0 Å². The number of hydrogen-bond donors (Lipinski definition) is 0. The zero-order valence-electron chi connectivity index (χ0n) is 13.0. The normalized spacial score (nSPS) is 32.9. The monoisotopic (exact) mass is 303 g/mol. The fourth-order valence-electron chi connectivity index (χ4n) is 4.52. The Hall–Kier alpha value is -1.91. The van der Waals surface area contributed by atoms with Crippen LogP contribution in [0.15, 0.2) is 24.3 Å². The van der Waals surface area contributed by atoms with Crippen molar-refractivity contribution in [1.29, 1.82) is 0 Å². The van der Waals surface area contributed by atoms with Crippen molar-refractivity contribution < 1.29 is 14.5 Å². The van der Waals surface area contributed by atoms with Crippen LogP contribution in [0.2, 0.25) is 0 Å². The van der Waals surface area contributed by atoms with E-state index in [2.05, 4.69) is 0 Å². The molecule has 2 unspecified atom stereocenters. The van der Waals surface area contributed by atoms with E-state index in [-0.39, 0.29) is 23.2 Å². The quantitative estimate of drug-likeness (QED) is 0.489. The van der Waals surface area contributed by atoms with Gasteiger partial charge in [-0.25, -0.2) is 0 Å². The summed E-state index contributed by atoms with van der Waals surface area (Å²) in [5, 5.41) is 11.9. The Morgan fingerprint density at radius 1 is 1.41 bits per heavy atom. The second kappa shape index (κ2) is 5.07. The van der Waals surface area contributed by atoms with E-state index in [4.69, 9.17) is 4.74 Å². The van der Waals surface area contributed by atoms with Gasteiger partial charge in [0.15, 0.2) is 0 Å². The minimum absolute atomic E-state index is 0.172. The second-order valence-electron chi connectivity index (χ2n) is 6.63. The highest BCUT2D eigenvalue weighted by Crippen LogP contribution is 2.58. The maximum Gasteiger partial charge on any atom is 0.309 e. The highest BCUT2D eigenvalue weighted by Gasteiger charge is 2.67. The predicted octanol–water partition coefficient (Wildman–Crippen LogP) is 2.88. The smallest absolute Gasteiger partial charge is 0.309 e. The molecule has 22 heavy (non-hydrogen) atoms. The third-order valence-electron chi connectivity index (χ3n) is 5.65. The maximum atomic E-state index is 12.2. The summed E-state index contributed by atoms with van der Waals surface area (Å²) in [6, 6.07) is 7.95. The first kappa shape index (κ1) is 15.0. The predicted molar refractivity (Wildman–Crippen MR) is 81.2 cm³/mol. The van der Waals surface area contributed by atoms with Gasteiger partial charge in [0, 0.05) is 18.3 Å². The lowest BCUT2D eigenvalue weighted by atomic mass is 9.69. The fourth-order valence-corrected chi connectivity index (χ4v) is 4.52. The molecular formula is C17H21NO4. The summed E-state index contributed by atoms with van der Waals surface area (Å²) in [7, 11) is 0. The van der Waals surface area contributed by atoms with Crippen LogP contribution in [0, 0.1) is 16.0 Å². The summed E-state index contributed by atoms with van der Waals surface area (Å²) in [6.45, 7) is 3.78. The van der Waals surface area contributed by atoms with Crippen LogP contribution in [0.5, 0.6) is 0 Å². The average molecular weight is 303 g/mol. The van der Waals surface area contributed by atoms with Crippen molar-refractivity contribution >= 4 is 5.97 Å². The van der Waals surface area contributed by atoms with Gasteiger partial charge in [-0.2, -0.15) is 0 Å². The first-order chi connectivity index (χ1) is 10.4. The van der Waals surface area contributed by atoms with Gasteiger partial charge in [0.1, 0.15) is 0 Å². The van der Waals surface area contributed by atoms with Crippen molar-refractivity contribution in [2.45, 2.75) is 50.5 Å². The van der Waals surface area contributed by atoms with Gasteiger partial charge in [-0.05, 0) is 37.3 Å². The van der Waals surface area contributed by atoms with Gasteiger partial charge in [-0.1, -0.05) is 24.3 Å². The van der Waals surface area contributed by atoms with Crippen molar-refractivity contribution in [2.24, 2.45) is 5.92 Å². The Balaban J connectivity index is 2.06. The minimum atomic E-state index is -1.11. The van der Waals surface area contributed by atoms with Gasteiger partial charge in [0.05, 0.1) is 17.9 Å². The maximum absolute atomic E-state index is 12.2. The molecule has 0 saturated heterocycles. The van der Waals surface area contributed by atoms with Crippen molar-refractivity contribution in [3.05, 3.63) is 45.5 Å². The molecule has 0 N–H and O–H groups in total. The van der Waals surface area contributed by atoms with Gasteiger partial charge in [0.25, 0.3) is 0 Å². The van der Waals surface area contributed by atoms with Crippen LogP contribution in [0.1, 0.15) is 44.2 Å². The van der Waals surface area contributed by atoms with Crippen LogP contribution in [-0.4, -0.2) is 23.0 Å². The number of carbonyl (C=O) groups excluding carboxylic acids is 1. The first-order valence-electron chi connectivity index (χ1n) is 7.84. The molecule has 0 aliphatic heterocycles. The fraction of sp³-hybridized carbons (Fsp3) is 0.588. The van der Waals surface area contributed by atoms with E-state index < -0.39 is 11.0 Å². The lowest BCUT2D eigenvalue weighted by molar-refractivity contribution is -0.576. The largest absolute Gasteiger partial charge is 0.466 e. The van der Waals surface area contributed by atoms with Gasteiger partial charge in [-0.15, -0.1) is 0 Å². The van der Waals surface area contributed by atoms with Crippen LogP contribution < -0.4 is 0 Å². The van der Waals surface area contributed by atoms with Crippen LogP contribution in [-0.2, 0) is 21.4 Å². The van der Waals surface area contributed by atoms with E-state index in [1.54, 1.807) is 13.8 Å². The van der Waals surface area contributed by atoms with Crippen molar-refractivity contribution in [3.63, 3.8) is 0 Å². The van der Waals surface area contributed by atoms with Crippen molar-refractivity contribution in [1.82, 2.24) is 0 Å². The zero-order chi connectivity index (χ0) is 16.0. The van der Waals surface area contributed by atoms with Gasteiger partial charge >= 0.3 is 5.97 Å². The van der Waals surface area contributed by atoms with E-state index >= 15 is 0 Å². The molecule has 0 bridgehead atoms. The number of fused-ring (bicyclic) bond motifs is 2. The number of esters is 1. The summed E-state index contributed by atoms with van der Waals surface area (Å²) in [6.07, 6.45) is 2.35. The molecular weight excluding hydrogens is 282 g/mol. The zero-order valence-corrected chi connectivity index (χ0v) is 13.0. The number of aryl methyl sites for hydroxylation is 1. The molecule has 2 aliphatic carbocycles. The number of hydrogen-bond acceptors (Lipinski definition) is 4. The molecule has 0 radical (unpaired) electrons. The van der Waals surface area contributed by atoms with E-state index in [1.807, 2.05) is 24.3 Å². The van der Waals surface area contributed by atoms with Crippen LogP contribution in [0.25, 0.3) is 0 Å². The van der Waals surface area contributed by atoms with Crippen molar-refractivity contribution in [3.8, 4) is 0 Å². The van der Waals surface area contributed by atoms with E-state index in [1.165, 1.54) is 5.56 Å². The van der Waals surface area contributed by atoms with Crippen LogP contribution in [0.3, 0.4) is 0 Å². The molecule has 0 aromatic heterocycles. The molecule has 1 aromatic rings. The first-order valence-corrected chi connectivity index (χ1v) is 7.84. The van der Waals surface area contributed by atoms with Crippen LogP contribution >= 0.6 is 0 Å². The van der Waals surface area contributed by atoms with E-state index in [9.17, 15) is 14.9 Å². The Morgan fingerprint density at radius 3 is 2.82 bits per heavy atom. The number of nitrogens with zero attached hydrogens (tertiary/aromatic N) is 1. The highest BCUT2D eigenvalue weighted by molar-refractivity contribution is 5.74. The van der Waals surface area contributed by atoms with E-state index in [0.717, 1.165) is 18.4 Å². The molecule has 0 heterocycles. The molecule has 1 spiro atoms. The van der Waals surface area contributed by atoms with Crippen molar-refractivity contribution in [2.75, 3.05) is 6.61 Å². The number of rotatable bonds is 3. The SMILES string of the molecule is CCOC(=O)C1CC2(CCc3ccccc32)[C@](C)([N+](=O)[O-])C1. The molecule has 3 atom stereocenters. The number of ether oxygens (including phenoxy) is 1. The molecule has 3 rings (SSSR count). The Kier molecular flexibility index (Phi) is 3.46. The molecule has 1 saturated carbocycles. The minimum Gasteiger partial charge on any atom is -0.466 e. The molecule has 1 aromatic carbocycles. The average Bonchev–Trinajstić information content (AvgIpc) is 3.02. The van der Waals surface area contributed by atoms with Gasteiger partial charge in [-0.3, -0.25) is 14.9 Å². The summed E-state index contributed by atoms with van der Waals surface area (Å²) in [5.74, 6) is -0.682. The number of benzene rings is 1. The molecule has 5 nitrogen and oxygen atoms in total. The topological polar surface area (TPSA) is 69.4 Å². The lowest BCUT2D eigenvalue weighted by Gasteiger charge is -2.34. The Labute approximate surface area is 129 Å². The number of carbonyl (C=O) groups is 1.